The van der Waals surface area contributed by atoms with Crippen LogP contribution in [0, 0.1) is 11.8 Å². The topological polar surface area (TPSA) is 81.7 Å². The van der Waals surface area contributed by atoms with E-state index in [0.717, 1.165) is 51.4 Å². The highest BCUT2D eigenvalue weighted by atomic mass is 16.5. The van der Waals surface area contributed by atoms with Crippen molar-refractivity contribution in [2.24, 2.45) is 11.8 Å². The Hall–Kier alpha value is -1.59. The molecule has 6 heteroatoms. The van der Waals surface area contributed by atoms with Gasteiger partial charge in [-0.1, -0.05) is 214 Å². The molecule has 2 unspecified atom stereocenters. The van der Waals surface area contributed by atoms with Crippen LogP contribution >= 0.6 is 0 Å². The number of amides is 1. The van der Waals surface area contributed by atoms with Crippen LogP contribution < -0.4 is 5.32 Å². The molecular weight excluding hydrogens is 683 g/mol. The predicted octanol–water partition coefficient (Wildman–Crippen LogP) is 14.9. The fraction of sp³-hybridized carbons (Fsp3) is 0.939. The Morgan fingerprint density at radius 2 is 0.709 bits per heavy atom. The highest BCUT2D eigenvalue weighted by Gasteiger charge is 2.25. The van der Waals surface area contributed by atoms with E-state index in [1.54, 1.807) is 0 Å². The molecule has 0 spiro atoms. The van der Waals surface area contributed by atoms with Gasteiger partial charge in [-0.05, 0) is 50.4 Å². The van der Waals surface area contributed by atoms with Crippen LogP contribution in [0.2, 0.25) is 0 Å². The zero-order chi connectivity index (χ0) is 40.5. The first-order valence-corrected chi connectivity index (χ1v) is 24.5. The van der Waals surface area contributed by atoms with Crippen molar-refractivity contribution in [3.05, 3.63) is 0 Å². The van der Waals surface area contributed by atoms with E-state index in [1.165, 1.54) is 161 Å². The SMILES string of the molecule is CCCCCCCCCCCC(=O)N[C@@H](CCC(=O)OCC(CCCCCC)CCCCCCCC)C(=O)OCC(CCCCCC)CCCCCCCC. The van der Waals surface area contributed by atoms with Gasteiger partial charge in [0.2, 0.25) is 5.91 Å². The third-order valence-electron chi connectivity index (χ3n) is 11.6. The molecule has 0 aliphatic heterocycles. The van der Waals surface area contributed by atoms with E-state index < -0.39 is 12.0 Å². The summed E-state index contributed by atoms with van der Waals surface area (Å²) in [6.07, 6.45) is 40.6. The molecule has 3 atom stereocenters. The third kappa shape index (κ3) is 36.5. The fourth-order valence-corrected chi connectivity index (χ4v) is 7.73. The molecule has 55 heavy (non-hydrogen) atoms. The van der Waals surface area contributed by atoms with Crippen LogP contribution in [-0.4, -0.2) is 37.1 Å². The number of unbranched alkanes of at least 4 members (excludes halogenated alkanes) is 24. The Balaban J connectivity index is 5.26. The third-order valence-corrected chi connectivity index (χ3v) is 11.6. The normalized spacial score (nSPS) is 13.0. The minimum Gasteiger partial charge on any atom is -0.465 e. The summed E-state index contributed by atoms with van der Waals surface area (Å²) >= 11 is 0. The number of carbonyl (C=O) groups is 3. The first kappa shape index (κ1) is 53.4. The summed E-state index contributed by atoms with van der Waals surface area (Å²) in [6.45, 7) is 12.1. The summed E-state index contributed by atoms with van der Waals surface area (Å²) < 4.78 is 11.8. The largest absolute Gasteiger partial charge is 0.465 e. The molecule has 0 aliphatic rings. The molecule has 0 aromatic carbocycles. The fourth-order valence-electron chi connectivity index (χ4n) is 7.73. The van der Waals surface area contributed by atoms with Gasteiger partial charge < -0.3 is 14.8 Å². The average molecular weight is 778 g/mol. The van der Waals surface area contributed by atoms with Gasteiger partial charge in [0.15, 0.2) is 0 Å². The van der Waals surface area contributed by atoms with Gasteiger partial charge in [-0.25, -0.2) is 4.79 Å². The Morgan fingerprint density at radius 1 is 0.382 bits per heavy atom. The summed E-state index contributed by atoms with van der Waals surface area (Å²) in [4.78, 5) is 39.8. The molecular formula is C49H95NO5. The molecule has 0 radical (unpaired) electrons. The van der Waals surface area contributed by atoms with Crippen molar-refractivity contribution in [2.75, 3.05) is 13.2 Å². The molecule has 0 rings (SSSR count). The zero-order valence-electron chi connectivity index (χ0n) is 37.6. The molecule has 0 aliphatic carbocycles. The summed E-state index contributed by atoms with van der Waals surface area (Å²) in [5.74, 6) is -0.0515. The first-order chi connectivity index (χ1) is 26.9. The molecule has 0 aromatic heterocycles. The van der Waals surface area contributed by atoms with Gasteiger partial charge in [-0.15, -0.1) is 0 Å². The van der Waals surface area contributed by atoms with Crippen molar-refractivity contribution in [2.45, 2.75) is 272 Å². The second-order valence-corrected chi connectivity index (χ2v) is 17.1. The van der Waals surface area contributed by atoms with Crippen molar-refractivity contribution in [1.82, 2.24) is 5.32 Å². The van der Waals surface area contributed by atoms with Crippen LogP contribution in [0.15, 0.2) is 0 Å². The average Bonchev–Trinajstić information content (AvgIpc) is 3.18. The van der Waals surface area contributed by atoms with Crippen LogP contribution in [-0.2, 0) is 23.9 Å². The number of carbonyl (C=O) groups excluding carboxylic acids is 3. The maximum Gasteiger partial charge on any atom is 0.328 e. The van der Waals surface area contributed by atoms with Crippen molar-refractivity contribution in [1.29, 1.82) is 0 Å². The van der Waals surface area contributed by atoms with Crippen LogP contribution in [0.1, 0.15) is 266 Å². The standard InChI is InChI=1S/C49H95NO5/c1-6-11-16-21-24-25-26-29-34-39-47(51)50-46(49(53)55-43-45(36-31-20-15-10-5)38-33-28-23-18-13-8-3)40-41-48(52)54-42-44(35-30-19-14-9-4)37-32-27-22-17-12-7-2/h44-46H,6-43H2,1-5H3,(H,50,51)/t44?,45?,46-/m0/s1. The Kier molecular flexibility index (Phi) is 40.8. The molecule has 0 saturated carbocycles. The second-order valence-electron chi connectivity index (χ2n) is 17.1. The van der Waals surface area contributed by atoms with E-state index in [2.05, 4.69) is 39.9 Å². The number of esters is 2. The first-order valence-electron chi connectivity index (χ1n) is 24.5. The lowest BCUT2D eigenvalue weighted by molar-refractivity contribution is -0.150. The minimum absolute atomic E-state index is 0.107. The minimum atomic E-state index is -0.818. The molecule has 0 fully saturated rings. The van der Waals surface area contributed by atoms with Gasteiger partial charge in [0.1, 0.15) is 6.04 Å². The Morgan fingerprint density at radius 3 is 1.11 bits per heavy atom. The van der Waals surface area contributed by atoms with E-state index in [4.69, 9.17) is 9.47 Å². The van der Waals surface area contributed by atoms with E-state index in [9.17, 15) is 14.4 Å². The Bertz CT molecular complexity index is 847. The van der Waals surface area contributed by atoms with Crippen molar-refractivity contribution >= 4 is 17.8 Å². The number of ether oxygens (including phenoxy) is 2. The lowest BCUT2D eigenvalue weighted by Gasteiger charge is -2.21. The van der Waals surface area contributed by atoms with Crippen LogP contribution in [0.25, 0.3) is 0 Å². The zero-order valence-corrected chi connectivity index (χ0v) is 37.6. The molecule has 326 valence electrons. The number of hydrogen-bond donors (Lipinski definition) is 1. The highest BCUT2D eigenvalue weighted by Crippen LogP contribution is 2.22. The van der Waals surface area contributed by atoms with E-state index in [-0.39, 0.29) is 24.7 Å². The van der Waals surface area contributed by atoms with Gasteiger partial charge in [-0.2, -0.15) is 0 Å². The summed E-state index contributed by atoms with van der Waals surface area (Å²) in [5, 5.41) is 2.99. The summed E-state index contributed by atoms with van der Waals surface area (Å²) in [5.41, 5.74) is 0. The lowest BCUT2D eigenvalue weighted by Crippen LogP contribution is -2.42. The maximum atomic E-state index is 13.6. The second kappa shape index (κ2) is 42.0. The predicted molar refractivity (Wildman–Crippen MR) is 235 cm³/mol. The van der Waals surface area contributed by atoms with Crippen molar-refractivity contribution in [3.63, 3.8) is 0 Å². The van der Waals surface area contributed by atoms with E-state index >= 15 is 0 Å². The van der Waals surface area contributed by atoms with E-state index in [1.807, 2.05) is 0 Å². The van der Waals surface area contributed by atoms with Gasteiger partial charge in [0.05, 0.1) is 13.2 Å². The van der Waals surface area contributed by atoms with Gasteiger partial charge in [0.25, 0.3) is 0 Å². The highest BCUT2D eigenvalue weighted by molar-refractivity contribution is 5.85. The molecule has 6 nitrogen and oxygen atoms in total. The Labute approximate surface area is 343 Å². The van der Waals surface area contributed by atoms with Crippen LogP contribution in [0.4, 0.5) is 0 Å². The summed E-state index contributed by atoms with van der Waals surface area (Å²) in [7, 11) is 0. The molecule has 1 N–H and O–H groups in total. The van der Waals surface area contributed by atoms with E-state index in [0.29, 0.717) is 31.5 Å². The summed E-state index contributed by atoms with van der Waals surface area (Å²) in [6, 6.07) is -0.818. The number of rotatable bonds is 43. The molecule has 0 bridgehead atoms. The van der Waals surface area contributed by atoms with Gasteiger partial charge in [0, 0.05) is 12.8 Å². The number of nitrogens with one attached hydrogen (secondary N) is 1. The quantitative estimate of drug-likeness (QED) is 0.0492. The smallest absolute Gasteiger partial charge is 0.328 e. The molecule has 1 amide bonds. The lowest BCUT2D eigenvalue weighted by atomic mass is 9.95. The van der Waals surface area contributed by atoms with Crippen molar-refractivity contribution in [3.8, 4) is 0 Å². The number of hydrogen-bond acceptors (Lipinski definition) is 5. The molecule has 0 aromatic rings. The van der Waals surface area contributed by atoms with Gasteiger partial charge >= 0.3 is 11.9 Å². The van der Waals surface area contributed by atoms with Crippen LogP contribution in [0.3, 0.4) is 0 Å². The molecule has 0 heterocycles. The van der Waals surface area contributed by atoms with Gasteiger partial charge in [-0.3, -0.25) is 9.59 Å². The van der Waals surface area contributed by atoms with Crippen LogP contribution in [0.5, 0.6) is 0 Å². The molecule has 0 saturated heterocycles. The monoisotopic (exact) mass is 778 g/mol. The maximum absolute atomic E-state index is 13.6. The van der Waals surface area contributed by atoms with Crippen molar-refractivity contribution < 1.29 is 23.9 Å².